The molecular formula is C23H40N2O5Si. The molecule has 1 aromatic carbocycles. The quantitative estimate of drug-likeness (QED) is 0.415. The summed E-state index contributed by atoms with van der Waals surface area (Å²) in [6, 6.07) is 9.11. The van der Waals surface area contributed by atoms with Crippen LogP contribution in [0.5, 0.6) is 0 Å². The predicted octanol–water partition coefficient (Wildman–Crippen LogP) is 5.52. The van der Waals surface area contributed by atoms with Crippen LogP contribution in [0, 0.1) is 0 Å². The zero-order valence-electron chi connectivity index (χ0n) is 20.6. The first-order valence-electron chi connectivity index (χ1n) is 10.7. The van der Waals surface area contributed by atoms with Crippen molar-refractivity contribution in [1.29, 1.82) is 0 Å². The van der Waals surface area contributed by atoms with E-state index < -0.39 is 26.1 Å². The van der Waals surface area contributed by atoms with Gasteiger partial charge in [-0.3, -0.25) is 4.90 Å². The number of nitrogens with zero attached hydrogens (tertiary/aromatic N) is 1. The van der Waals surface area contributed by atoms with Gasteiger partial charge < -0.3 is 19.2 Å². The largest absolute Gasteiger partial charge is 0.445 e. The van der Waals surface area contributed by atoms with Crippen LogP contribution in [0.4, 0.5) is 9.59 Å². The van der Waals surface area contributed by atoms with Gasteiger partial charge in [0.15, 0.2) is 8.32 Å². The standard InChI is InChI=1S/C23H40N2O5Si/c1-18(24-20(26)28-16-19-13-11-10-12-14-19)15-25(21(27)30-22(2,3)4)17-29-31(8,9)23(5,6)7/h10-14,18H,15-17H2,1-9H3,(H,24,26)/t18-/m0/s1. The van der Waals surface area contributed by atoms with Gasteiger partial charge in [0.05, 0.1) is 0 Å². The number of carbonyl (C=O) groups excluding carboxylic acids is 2. The highest BCUT2D eigenvalue weighted by Crippen LogP contribution is 2.36. The molecule has 1 aromatic rings. The number of nitrogens with one attached hydrogen (secondary N) is 1. The van der Waals surface area contributed by atoms with Crippen molar-refractivity contribution < 1.29 is 23.5 Å². The average molecular weight is 453 g/mol. The summed E-state index contributed by atoms with van der Waals surface area (Å²) in [6.45, 7) is 18.5. The number of rotatable bonds is 8. The molecule has 0 bridgehead atoms. The monoisotopic (exact) mass is 452 g/mol. The Balaban J connectivity index is 2.71. The van der Waals surface area contributed by atoms with Gasteiger partial charge in [0.25, 0.3) is 0 Å². The van der Waals surface area contributed by atoms with Crippen LogP contribution in [-0.2, 0) is 20.5 Å². The Morgan fingerprint density at radius 3 is 2.16 bits per heavy atom. The summed E-state index contributed by atoms with van der Waals surface area (Å²) in [5.41, 5.74) is 0.279. The first-order valence-corrected chi connectivity index (χ1v) is 13.6. The first-order chi connectivity index (χ1) is 14.1. The van der Waals surface area contributed by atoms with Gasteiger partial charge in [0.2, 0.25) is 0 Å². The zero-order valence-corrected chi connectivity index (χ0v) is 21.6. The van der Waals surface area contributed by atoms with Gasteiger partial charge in [-0.2, -0.15) is 0 Å². The van der Waals surface area contributed by atoms with Crippen molar-refractivity contribution in [3.8, 4) is 0 Å². The van der Waals surface area contributed by atoms with Crippen LogP contribution in [0.2, 0.25) is 18.1 Å². The highest BCUT2D eigenvalue weighted by Gasteiger charge is 2.38. The van der Waals surface area contributed by atoms with Gasteiger partial charge in [-0.1, -0.05) is 51.1 Å². The van der Waals surface area contributed by atoms with E-state index in [4.69, 9.17) is 13.9 Å². The van der Waals surface area contributed by atoms with Gasteiger partial charge in [-0.25, -0.2) is 9.59 Å². The van der Waals surface area contributed by atoms with Gasteiger partial charge in [-0.15, -0.1) is 0 Å². The molecule has 1 N–H and O–H groups in total. The fraction of sp³-hybridized carbons (Fsp3) is 0.652. The molecule has 1 rings (SSSR count). The van der Waals surface area contributed by atoms with Gasteiger partial charge in [-0.05, 0) is 51.4 Å². The first kappa shape index (κ1) is 27.0. The second-order valence-electron chi connectivity index (χ2n) is 10.3. The normalized spacial score (nSPS) is 13.3. The molecule has 2 amide bonds. The van der Waals surface area contributed by atoms with Crippen LogP contribution in [0.15, 0.2) is 30.3 Å². The minimum absolute atomic E-state index is 0.0116. The van der Waals surface area contributed by atoms with Gasteiger partial charge >= 0.3 is 12.2 Å². The van der Waals surface area contributed by atoms with Crippen molar-refractivity contribution in [3.05, 3.63) is 35.9 Å². The van der Waals surface area contributed by atoms with Crippen LogP contribution in [0.3, 0.4) is 0 Å². The summed E-state index contributed by atoms with van der Waals surface area (Å²) in [5, 5.41) is 2.78. The summed E-state index contributed by atoms with van der Waals surface area (Å²) < 4.78 is 17.0. The Hall–Kier alpha value is -2.06. The van der Waals surface area contributed by atoms with E-state index in [1.165, 1.54) is 4.90 Å². The Bertz CT molecular complexity index is 711. The number of amides is 2. The lowest BCUT2D eigenvalue weighted by Crippen LogP contribution is -2.50. The Morgan fingerprint density at radius 1 is 1.06 bits per heavy atom. The fourth-order valence-electron chi connectivity index (χ4n) is 2.30. The maximum Gasteiger partial charge on any atom is 0.412 e. The Labute approximate surface area is 188 Å². The molecule has 0 saturated heterocycles. The van der Waals surface area contributed by atoms with Crippen LogP contribution in [0.1, 0.15) is 54.0 Å². The molecule has 1 atom stereocenters. The second-order valence-corrected chi connectivity index (χ2v) is 15.2. The molecule has 0 unspecified atom stereocenters. The number of hydrogen-bond acceptors (Lipinski definition) is 5. The van der Waals surface area contributed by atoms with E-state index in [-0.39, 0.29) is 31.0 Å². The molecule has 7 nitrogen and oxygen atoms in total. The highest BCUT2D eigenvalue weighted by molar-refractivity contribution is 6.74. The molecule has 31 heavy (non-hydrogen) atoms. The van der Waals surface area contributed by atoms with E-state index in [9.17, 15) is 9.59 Å². The van der Waals surface area contributed by atoms with E-state index in [2.05, 4.69) is 39.2 Å². The zero-order chi connectivity index (χ0) is 23.9. The van der Waals surface area contributed by atoms with Crippen LogP contribution in [0.25, 0.3) is 0 Å². The summed E-state index contributed by atoms with van der Waals surface area (Å²) >= 11 is 0. The van der Waals surface area contributed by atoms with Gasteiger partial charge in [0, 0.05) is 12.6 Å². The molecule has 0 aromatic heterocycles. The number of benzene rings is 1. The molecule has 176 valence electrons. The van der Waals surface area contributed by atoms with Crippen molar-refractivity contribution in [2.45, 2.75) is 84.8 Å². The lowest BCUT2D eigenvalue weighted by molar-refractivity contribution is 0.00587. The average Bonchev–Trinajstić information content (AvgIpc) is 2.61. The minimum atomic E-state index is -2.07. The van der Waals surface area contributed by atoms with Crippen molar-refractivity contribution in [2.24, 2.45) is 0 Å². The molecular weight excluding hydrogens is 412 g/mol. The molecule has 0 fully saturated rings. The smallest absolute Gasteiger partial charge is 0.412 e. The van der Waals surface area contributed by atoms with E-state index in [0.717, 1.165) is 5.56 Å². The summed E-state index contributed by atoms with van der Waals surface area (Å²) in [7, 11) is -2.07. The third-order valence-electron chi connectivity index (χ3n) is 5.11. The lowest BCUT2D eigenvalue weighted by atomic mass is 10.2. The number of ether oxygens (including phenoxy) is 2. The number of carbonyl (C=O) groups is 2. The van der Waals surface area contributed by atoms with E-state index in [0.29, 0.717) is 0 Å². The molecule has 8 heteroatoms. The fourth-order valence-corrected chi connectivity index (χ4v) is 3.22. The molecule has 0 aliphatic carbocycles. The molecule has 0 aliphatic heterocycles. The van der Waals surface area contributed by atoms with Crippen LogP contribution >= 0.6 is 0 Å². The maximum atomic E-state index is 12.8. The molecule has 0 saturated carbocycles. The van der Waals surface area contributed by atoms with Crippen LogP contribution < -0.4 is 5.32 Å². The topological polar surface area (TPSA) is 77.1 Å². The summed E-state index contributed by atoms with van der Waals surface area (Å²) in [6.07, 6.45) is -1.01. The van der Waals surface area contributed by atoms with E-state index in [1.807, 2.05) is 58.0 Å². The van der Waals surface area contributed by atoms with E-state index in [1.54, 1.807) is 0 Å². The van der Waals surface area contributed by atoms with Gasteiger partial charge in [0.1, 0.15) is 18.9 Å². The van der Waals surface area contributed by atoms with Crippen molar-refractivity contribution in [2.75, 3.05) is 13.3 Å². The van der Waals surface area contributed by atoms with Crippen molar-refractivity contribution >= 4 is 20.5 Å². The van der Waals surface area contributed by atoms with Crippen molar-refractivity contribution in [1.82, 2.24) is 10.2 Å². The highest BCUT2D eigenvalue weighted by atomic mass is 28.4. The Kier molecular flexibility index (Phi) is 9.57. The molecule has 0 radical (unpaired) electrons. The maximum absolute atomic E-state index is 12.8. The summed E-state index contributed by atoms with van der Waals surface area (Å²) in [5.74, 6) is 0. The van der Waals surface area contributed by atoms with E-state index >= 15 is 0 Å². The number of alkyl carbamates (subject to hydrolysis) is 1. The van der Waals surface area contributed by atoms with Crippen molar-refractivity contribution in [3.63, 3.8) is 0 Å². The molecule has 0 spiro atoms. The summed E-state index contributed by atoms with van der Waals surface area (Å²) in [4.78, 5) is 26.4. The van der Waals surface area contributed by atoms with Crippen LogP contribution in [-0.4, -0.2) is 50.3 Å². The number of hydrogen-bond donors (Lipinski definition) is 1. The second kappa shape index (κ2) is 11.0. The third-order valence-corrected chi connectivity index (χ3v) is 9.57. The molecule has 0 heterocycles. The minimum Gasteiger partial charge on any atom is -0.445 e. The lowest BCUT2D eigenvalue weighted by Gasteiger charge is -2.38. The molecule has 0 aliphatic rings. The SMILES string of the molecule is C[C@@H](CN(CO[Si](C)(C)C(C)(C)C)C(=O)OC(C)(C)C)NC(=O)OCc1ccccc1. The Morgan fingerprint density at radius 2 is 1.65 bits per heavy atom. The third kappa shape index (κ3) is 10.2. The predicted molar refractivity (Wildman–Crippen MR) is 125 cm³/mol.